The Kier molecular flexibility index (Phi) is 3.46. The molecule has 2 aromatic carbocycles. The molecule has 1 aromatic heterocycles. The molecule has 102 valence electrons. The second-order valence-corrected chi connectivity index (χ2v) is 5.66. The fourth-order valence-corrected chi connectivity index (χ4v) is 3.12. The van der Waals surface area contributed by atoms with Gasteiger partial charge in [-0.1, -0.05) is 11.8 Å². The third-order valence-electron chi connectivity index (χ3n) is 3.19. The minimum Gasteiger partial charge on any atom is -0.326 e. The molecule has 0 fully saturated rings. The van der Waals surface area contributed by atoms with Gasteiger partial charge in [-0.25, -0.2) is 4.39 Å². The number of rotatable bonds is 3. The van der Waals surface area contributed by atoms with Crippen LogP contribution in [0.1, 0.15) is 5.56 Å². The molecule has 20 heavy (non-hydrogen) atoms. The minimum absolute atomic E-state index is 0.252. The molecule has 0 radical (unpaired) electrons. The molecule has 0 aliphatic heterocycles. The van der Waals surface area contributed by atoms with Crippen molar-refractivity contribution in [3.05, 3.63) is 54.0 Å². The number of hydrogen-bond donors (Lipinski definition) is 1. The molecule has 5 heteroatoms. The van der Waals surface area contributed by atoms with Crippen molar-refractivity contribution in [2.75, 3.05) is 0 Å². The van der Waals surface area contributed by atoms with Crippen molar-refractivity contribution in [2.24, 2.45) is 12.8 Å². The molecule has 3 rings (SSSR count). The Balaban J connectivity index is 1.96. The first-order chi connectivity index (χ1) is 9.67. The molecule has 0 unspecified atom stereocenters. The van der Waals surface area contributed by atoms with Gasteiger partial charge in [-0.15, -0.1) is 0 Å². The SMILES string of the molecule is Cn1ncc2cc(Sc3ccc(F)cc3CN)ccc21. The van der Waals surface area contributed by atoms with Gasteiger partial charge in [0.1, 0.15) is 5.82 Å². The summed E-state index contributed by atoms with van der Waals surface area (Å²) in [6.07, 6.45) is 1.84. The summed E-state index contributed by atoms with van der Waals surface area (Å²) in [4.78, 5) is 2.07. The van der Waals surface area contributed by atoms with E-state index in [2.05, 4.69) is 11.2 Å². The van der Waals surface area contributed by atoms with Crippen LogP contribution in [0.15, 0.2) is 52.4 Å². The Bertz CT molecular complexity index is 767. The highest BCUT2D eigenvalue weighted by Crippen LogP contribution is 2.32. The molecular formula is C15H14FN3S. The van der Waals surface area contributed by atoms with Crippen LogP contribution < -0.4 is 5.73 Å². The monoisotopic (exact) mass is 287 g/mol. The number of aromatic nitrogens is 2. The fourth-order valence-electron chi connectivity index (χ4n) is 2.14. The largest absolute Gasteiger partial charge is 0.326 e. The lowest BCUT2D eigenvalue weighted by molar-refractivity contribution is 0.623. The van der Waals surface area contributed by atoms with E-state index in [-0.39, 0.29) is 5.82 Å². The Hall–Kier alpha value is -1.85. The van der Waals surface area contributed by atoms with Crippen LogP contribution in [0.2, 0.25) is 0 Å². The average molecular weight is 287 g/mol. The van der Waals surface area contributed by atoms with E-state index in [0.717, 1.165) is 26.3 Å². The zero-order valence-corrected chi connectivity index (χ0v) is 11.8. The van der Waals surface area contributed by atoms with Crippen molar-refractivity contribution in [1.82, 2.24) is 9.78 Å². The summed E-state index contributed by atoms with van der Waals surface area (Å²) in [5, 5.41) is 5.32. The maximum absolute atomic E-state index is 13.2. The van der Waals surface area contributed by atoms with E-state index in [1.165, 1.54) is 12.1 Å². The van der Waals surface area contributed by atoms with E-state index in [0.29, 0.717) is 6.54 Å². The molecule has 0 spiro atoms. The summed E-state index contributed by atoms with van der Waals surface area (Å²) in [6, 6.07) is 10.9. The summed E-state index contributed by atoms with van der Waals surface area (Å²) < 4.78 is 15.0. The van der Waals surface area contributed by atoms with E-state index in [1.807, 2.05) is 30.1 Å². The first-order valence-electron chi connectivity index (χ1n) is 6.25. The summed E-state index contributed by atoms with van der Waals surface area (Å²) in [5.74, 6) is -0.252. The first kappa shape index (κ1) is 13.1. The Labute approximate surface area is 120 Å². The molecule has 0 atom stereocenters. The highest BCUT2D eigenvalue weighted by Gasteiger charge is 2.07. The van der Waals surface area contributed by atoms with E-state index in [1.54, 1.807) is 17.8 Å². The number of benzene rings is 2. The summed E-state index contributed by atoms with van der Waals surface area (Å²) in [5.41, 5.74) is 7.58. The molecule has 0 amide bonds. The van der Waals surface area contributed by atoms with Crippen molar-refractivity contribution >= 4 is 22.7 Å². The number of hydrogen-bond acceptors (Lipinski definition) is 3. The third kappa shape index (κ3) is 2.42. The molecule has 0 saturated carbocycles. The highest BCUT2D eigenvalue weighted by molar-refractivity contribution is 7.99. The van der Waals surface area contributed by atoms with Gasteiger partial charge in [-0.05, 0) is 42.0 Å². The smallest absolute Gasteiger partial charge is 0.123 e. The van der Waals surface area contributed by atoms with E-state index in [9.17, 15) is 4.39 Å². The van der Waals surface area contributed by atoms with Crippen LogP contribution in [0.5, 0.6) is 0 Å². The minimum atomic E-state index is -0.252. The molecule has 2 N–H and O–H groups in total. The molecule has 1 heterocycles. The zero-order valence-electron chi connectivity index (χ0n) is 11.0. The predicted octanol–water partition coefficient (Wildman–Crippen LogP) is 3.32. The van der Waals surface area contributed by atoms with Gasteiger partial charge in [0.25, 0.3) is 0 Å². The van der Waals surface area contributed by atoms with Gasteiger partial charge in [0, 0.05) is 28.8 Å². The quantitative estimate of drug-likeness (QED) is 0.803. The Morgan fingerprint density at radius 2 is 2.10 bits per heavy atom. The van der Waals surface area contributed by atoms with Crippen molar-refractivity contribution < 1.29 is 4.39 Å². The summed E-state index contributed by atoms with van der Waals surface area (Å²) in [7, 11) is 1.92. The van der Waals surface area contributed by atoms with Crippen LogP contribution in [-0.2, 0) is 13.6 Å². The molecule has 0 aliphatic carbocycles. The maximum atomic E-state index is 13.2. The number of halogens is 1. The zero-order chi connectivity index (χ0) is 14.1. The number of aryl methyl sites for hydroxylation is 1. The topological polar surface area (TPSA) is 43.8 Å². The molecule has 0 saturated heterocycles. The van der Waals surface area contributed by atoms with Gasteiger partial charge in [0.2, 0.25) is 0 Å². The van der Waals surface area contributed by atoms with Crippen molar-refractivity contribution in [3.8, 4) is 0 Å². The van der Waals surface area contributed by atoms with Gasteiger partial charge in [-0.3, -0.25) is 4.68 Å². The predicted molar refractivity (Wildman–Crippen MR) is 79.1 cm³/mol. The molecule has 0 bridgehead atoms. The third-order valence-corrected chi connectivity index (χ3v) is 4.30. The van der Waals surface area contributed by atoms with Gasteiger partial charge < -0.3 is 5.73 Å². The van der Waals surface area contributed by atoms with Crippen molar-refractivity contribution in [1.29, 1.82) is 0 Å². The maximum Gasteiger partial charge on any atom is 0.123 e. The number of nitrogens with two attached hydrogens (primary N) is 1. The molecule has 0 aliphatic rings. The molecular weight excluding hydrogens is 273 g/mol. The molecule has 3 aromatic rings. The summed E-state index contributed by atoms with van der Waals surface area (Å²) in [6.45, 7) is 0.329. The van der Waals surface area contributed by atoms with Crippen molar-refractivity contribution in [2.45, 2.75) is 16.3 Å². The van der Waals surface area contributed by atoms with E-state index in [4.69, 9.17) is 5.73 Å². The molecule has 3 nitrogen and oxygen atoms in total. The van der Waals surface area contributed by atoms with Gasteiger partial charge in [-0.2, -0.15) is 5.10 Å². The van der Waals surface area contributed by atoms with Crippen LogP contribution in [0.3, 0.4) is 0 Å². The van der Waals surface area contributed by atoms with Crippen molar-refractivity contribution in [3.63, 3.8) is 0 Å². The van der Waals surface area contributed by atoms with E-state index >= 15 is 0 Å². The lowest BCUT2D eigenvalue weighted by Crippen LogP contribution is -1.99. The fraction of sp³-hybridized carbons (Fsp3) is 0.133. The van der Waals surface area contributed by atoms with Gasteiger partial charge in [0.15, 0.2) is 0 Å². The first-order valence-corrected chi connectivity index (χ1v) is 7.07. The standard InChI is InChI=1S/C15H14FN3S/c1-19-14-4-3-13(7-11(14)9-18-19)20-15-5-2-12(16)6-10(15)8-17/h2-7,9H,8,17H2,1H3. The Morgan fingerprint density at radius 1 is 1.25 bits per heavy atom. The second-order valence-electron chi connectivity index (χ2n) is 4.55. The Morgan fingerprint density at radius 3 is 2.90 bits per heavy atom. The average Bonchev–Trinajstić information content (AvgIpc) is 2.82. The van der Waals surface area contributed by atoms with Gasteiger partial charge >= 0.3 is 0 Å². The van der Waals surface area contributed by atoms with Gasteiger partial charge in [0.05, 0.1) is 11.7 Å². The van der Waals surface area contributed by atoms with Crippen LogP contribution >= 0.6 is 11.8 Å². The van der Waals surface area contributed by atoms with Crippen LogP contribution in [0.4, 0.5) is 4.39 Å². The summed E-state index contributed by atoms with van der Waals surface area (Å²) >= 11 is 1.59. The lowest BCUT2D eigenvalue weighted by atomic mass is 10.2. The van der Waals surface area contributed by atoms with Crippen LogP contribution in [0.25, 0.3) is 10.9 Å². The normalized spacial score (nSPS) is 11.2. The van der Waals surface area contributed by atoms with E-state index < -0.39 is 0 Å². The number of nitrogens with zero attached hydrogens (tertiary/aromatic N) is 2. The van der Waals surface area contributed by atoms with Crippen LogP contribution in [-0.4, -0.2) is 9.78 Å². The lowest BCUT2D eigenvalue weighted by Gasteiger charge is -2.08. The highest BCUT2D eigenvalue weighted by atomic mass is 32.2. The van der Waals surface area contributed by atoms with Crippen LogP contribution in [0, 0.1) is 5.82 Å². The number of fused-ring (bicyclic) bond motifs is 1. The second kappa shape index (κ2) is 5.26.